The van der Waals surface area contributed by atoms with Gasteiger partial charge in [-0.3, -0.25) is 0 Å². The molecule has 0 aliphatic heterocycles. The van der Waals surface area contributed by atoms with Gasteiger partial charge in [0.1, 0.15) is 0 Å². The largest absolute Gasteiger partial charge is 0.370 e. The first-order chi connectivity index (χ1) is 5.85. The van der Waals surface area contributed by atoms with Crippen molar-refractivity contribution in [2.45, 2.75) is 19.8 Å². The summed E-state index contributed by atoms with van der Waals surface area (Å²) in [6.07, 6.45) is 10.5. The van der Waals surface area contributed by atoms with Gasteiger partial charge < -0.3 is 4.90 Å². The van der Waals surface area contributed by atoms with E-state index in [4.69, 9.17) is 0 Å². The molecule has 0 aliphatic carbocycles. The number of hydrogen-bond acceptors (Lipinski definition) is 1. The molecule has 0 spiro atoms. The lowest BCUT2D eigenvalue weighted by Crippen LogP contribution is -2.16. The van der Waals surface area contributed by atoms with Gasteiger partial charge in [-0.2, -0.15) is 0 Å². The molecular weight excluding hydrogens is 146 g/mol. The Hall–Kier alpha value is -0.980. The molecule has 0 aromatic rings. The van der Waals surface area contributed by atoms with Crippen LogP contribution in [-0.2, 0) is 0 Å². The van der Waals surface area contributed by atoms with E-state index in [1.807, 2.05) is 12.2 Å². The van der Waals surface area contributed by atoms with Crippen LogP contribution in [-0.4, -0.2) is 18.0 Å². The maximum Gasteiger partial charge on any atom is 0.0354 e. The number of nitrogens with zero attached hydrogens (tertiary/aromatic N) is 1. The van der Waals surface area contributed by atoms with Crippen molar-refractivity contribution in [3.05, 3.63) is 37.6 Å². The van der Waals surface area contributed by atoms with Crippen molar-refractivity contribution in [2.24, 2.45) is 0 Å². The van der Waals surface area contributed by atoms with Crippen LogP contribution in [0, 0.1) is 0 Å². The third-order valence-electron chi connectivity index (χ3n) is 1.50. The smallest absolute Gasteiger partial charge is 0.0354 e. The van der Waals surface area contributed by atoms with Crippen LogP contribution in [0.15, 0.2) is 37.6 Å². The number of allylic oxidation sites excluding steroid dienone is 1. The normalized spacial score (nSPS) is 10.1. The van der Waals surface area contributed by atoms with Crippen molar-refractivity contribution in [3.63, 3.8) is 0 Å². The number of rotatable bonds is 7. The van der Waals surface area contributed by atoms with Crippen LogP contribution in [0.5, 0.6) is 0 Å². The molecule has 0 aromatic carbocycles. The minimum atomic E-state index is 0.895. The van der Waals surface area contributed by atoms with Crippen LogP contribution >= 0.6 is 0 Å². The summed E-state index contributed by atoms with van der Waals surface area (Å²) in [7, 11) is 0. The van der Waals surface area contributed by atoms with E-state index in [1.165, 1.54) is 6.42 Å². The monoisotopic (exact) mass is 165 g/mol. The van der Waals surface area contributed by atoms with Crippen LogP contribution in [0.3, 0.4) is 0 Å². The highest BCUT2D eigenvalue weighted by Crippen LogP contribution is 1.94. The highest BCUT2D eigenvalue weighted by molar-refractivity contribution is 4.89. The molecule has 12 heavy (non-hydrogen) atoms. The lowest BCUT2D eigenvalue weighted by Gasteiger charge is -2.15. The Kier molecular flexibility index (Phi) is 7.46. The Morgan fingerprint density at radius 1 is 1.17 bits per heavy atom. The van der Waals surface area contributed by atoms with Gasteiger partial charge in [0.2, 0.25) is 0 Å². The second-order valence-electron chi connectivity index (χ2n) is 2.70. The Labute approximate surface area is 76.1 Å². The fourth-order valence-corrected chi connectivity index (χ4v) is 0.918. The van der Waals surface area contributed by atoms with Crippen molar-refractivity contribution in [3.8, 4) is 0 Å². The molecule has 0 atom stereocenters. The molecule has 0 heterocycles. The maximum absolute atomic E-state index is 3.70. The van der Waals surface area contributed by atoms with Gasteiger partial charge in [0, 0.05) is 13.1 Å². The Morgan fingerprint density at radius 2 is 1.75 bits per heavy atom. The van der Waals surface area contributed by atoms with E-state index in [-0.39, 0.29) is 0 Å². The van der Waals surface area contributed by atoms with E-state index in [0.29, 0.717) is 0 Å². The number of hydrogen-bond donors (Lipinski definition) is 0. The molecule has 0 rings (SSSR count). The van der Waals surface area contributed by atoms with Gasteiger partial charge in [-0.05, 0) is 12.6 Å². The first-order valence-electron chi connectivity index (χ1n) is 4.47. The van der Waals surface area contributed by atoms with E-state index in [9.17, 15) is 0 Å². The van der Waals surface area contributed by atoms with Crippen LogP contribution in [0.4, 0.5) is 0 Å². The molecule has 0 radical (unpaired) electrons. The molecule has 68 valence electrons. The standard InChI is InChI=1S/C11H19N/c1-4-7-8-11-12(9-5-2)10-6-3/h5-6,8,11H,2-4,7,9-10H2,1H3/b11-8+. The molecule has 0 unspecified atom stereocenters. The predicted molar refractivity (Wildman–Crippen MR) is 56.0 cm³/mol. The molecule has 0 bridgehead atoms. The van der Waals surface area contributed by atoms with Crippen LogP contribution in [0.2, 0.25) is 0 Å². The summed E-state index contributed by atoms with van der Waals surface area (Å²) in [4.78, 5) is 2.18. The Morgan fingerprint density at radius 3 is 2.17 bits per heavy atom. The predicted octanol–water partition coefficient (Wildman–Crippen LogP) is 2.97. The van der Waals surface area contributed by atoms with Gasteiger partial charge >= 0.3 is 0 Å². The Balaban J connectivity index is 3.75. The van der Waals surface area contributed by atoms with Gasteiger partial charge in [0.15, 0.2) is 0 Å². The summed E-state index contributed by atoms with van der Waals surface area (Å²) in [6.45, 7) is 11.4. The van der Waals surface area contributed by atoms with Crippen LogP contribution < -0.4 is 0 Å². The zero-order valence-electron chi connectivity index (χ0n) is 8.00. The summed E-state index contributed by atoms with van der Waals surface area (Å²) < 4.78 is 0. The van der Waals surface area contributed by atoms with E-state index >= 15 is 0 Å². The van der Waals surface area contributed by atoms with E-state index in [2.05, 4.69) is 37.3 Å². The Bertz CT molecular complexity index is 137. The molecule has 0 fully saturated rings. The quantitative estimate of drug-likeness (QED) is 0.524. The molecule has 0 saturated heterocycles. The first-order valence-corrected chi connectivity index (χ1v) is 4.47. The number of unbranched alkanes of at least 4 members (excludes halogenated alkanes) is 1. The molecule has 0 saturated carbocycles. The van der Waals surface area contributed by atoms with Crippen molar-refractivity contribution in [1.29, 1.82) is 0 Å². The highest BCUT2D eigenvalue weighted by Gasteiger charge is 1.90. The first kappa shape index (κ1) is 11.0. The second-order valence-corrected chi connectivity index (χ2v) is 2.70. The van der Waals surface area contributed by atoms with E-state index in [1.54, 1.807) is 0 Å². The molecular formula is C11H19N. The lowest BCUT2D eigenvalue weighted by atomic mass is 10.3. The SMILES string of the molecule is C=CCN(/C=C/CCC)CC=C. The molecule has 0 aromatic heterocycles. The minimum Gasteiger partial charge on any atom is -0.370 e. The van der Waals surface area contributed by atoms with Gasteiger partial charge in [-0.25, -0.2) is 0 Å². The van der Waals surface area contributed by atoms with Crippen molar-refractivity contribution in [1.82, 2.24) is 4.90 Å². The van der Waals surface area contributed by atoms with Crippen molar-refractivity contribution in [2.75, 3.05) is 13.1 Å². The van der Waals surface area contributed by atoms with E-state index in [0.717, 1.165) is 19.5 Å². The summed E-state index contributed by atoms with van der Waals surface area (Å²) in [5, 5.41) is 0. The summed E-state index contributed by atoms with van der Waals surface area (Å²) in [5.74, 6) is 0. The fraction of sp³-hybridized carbons (Fsp3) is 0.455. The third kappa shape index (κ3) is 5.78. The molecule has 0 N–H and O–H groups in total. The molecule has 0 aliphatic rings. The molecule has 1 nitrogen and oxygen atoms in total. The summed E-state index contributed by atoms with van der Waals surface area (Å²) in [6, 6.07) is 0. The molecule has 0 amide bonds. The highest BCUT2D eigenvalue weighted by atomic mass is 15.1. The molecule has 1 heteroatoms. The maximum atomic E-state index is 3.70. The lowest BCUT2D eigenvalue weighted by molar-refractivity contribution is 0.461. The van der Waals surface area contributed by atoms with Gasteiger partial charge in [0.25, 0.3) is 0 Å². The average Bonchev–Trinajstić information content (AvgIpc) is 2.06. The van der Waals surface area contributed by atoms with Crippen molar-refractivity contribution < 1.29 is 0 Å². The van der Waals surface area contributed by atoms with E-state index < -0.39 is 0 Å². The van der Waals surface area contributed by atoms with Crippen LogP contribution in [0.1, 0.15) is 19.8 Å². The zero-order valence-corrected chi connectivity index (χ0v) is 8.00. The summed E-state index contributed by atoms with van der Waals surface area (Å²) >= 11 is 0. The summed E-state index contributed by atoms with van der Waals surface area (Å²) in [5.41, 5.74) is 0. The van der Waals surface area contributed by atoms with Crippen molar-refractivity contribution >= 4 is 0 Å². The fourth-order valence-electron chi connectivity index (χ4n) is 0.918. The minimum absolute atomic E-state index is 0.895. The van der Waals surface area contributed by atoms with Gasteiger partial charge in [0.05, 0.1) is 0 Å². The third-order valence-corrected chi connectivity index (χ3v) is 1.50. The second kappa shape index (κ2) is 8.12. The average molecular weight is 165 g/mol. The zero-order chi connectivity index (χ0) is 9.23. The van der Waals surface area contributed by atoms with Crippen LogP contribution in [0.25, 0.3) is 0 Å². The van der Waals surface area contributed by atoms with Gasteiger partial charge in [-0.15, -0.1) is 13.2 Å². The van der Waals surface area contributed by atoms with Gasteiger partial charge in [-0.1, -0.05) is 31.6 Å². The topological polar surface area (TPSA) is 3.24 Å².